The zero-order valence-corrected chi connectivity index (χ0v) is 21.5. The van der Waals surface area contributed by atoms with E-state index in [1.165, 1.54) is 11.3 Å². The number of quaternary nitrogens is 1. The maximum atomic E-state index is 13.2. The number of aliphatic imine (C=N–C) groups is 1. The van der Waals surface area contributed by atoms with Gasteiger partial charge in [-0.3, -0.25) is 15.7 Å². The minimum absolute atomic E-state index is 0.00718. The molecule has 1 amide bonds. The summed E-state index contributed by atoms with van der Waals surface area (Å²) in [6.45, 7) is 8.89. The summed E-state index contributed by atoms with van der Waals surface area (Å²) in [5, 5.41) is 26.0. The van der Waals surface area contributed by atoms with Gasteiger partial charge in [-0.15, -0.1) is 11.3 Å². The minimum atomic E-state index is -0.379. The number of halogens is 1. The molecule has 2 aromatic rings. The number of aliphatic hydroxyl groups excluding tert-OH is 1. The SMILES string of the molecule is CN=C(Nc1ccc(I)cc1C)/C(C(=O)[NH2+]CCC(C)(C)C)=C(\O)C(=N)c1cccs1. The standard InChI is InChI=1S/C23H29IN4O2S/c1-14-13-15(24)8-9-16(14)28-21(26-5)18(22(30)27-11-10-23(2,3)4)20(29)19(25)17-7-6-12-31-17/h6-9,12-13,25,29H,10-11H2,1-5H3,(H,26,28)(H,27,30)/p+1/b20-18+,25-19?. The first-order chi connectivity index (χ1) is 14.5. The molecule has 8 heteroatoms. The molecule has 0 spiro atoms. The maximum absolute atomic E-state index is 13.2. The van der Waals surface area contributed by atoms with Crippen molar-refractivity contribution in [3.05, 3.63) is 61.1 Å². The number of aryl methyl sites for hydroxylation is 1. The largest absolute Gasteiger partial charge is 0.505 e. The van der Waals surface area contributed by atoms with Crippen molar-refractivity contribution in [1.29, 1.82) is 5.41 Å². The highest BCUT2D eigenvalue weighted by Crippen LogP contribution is 2.21. The molecule has 0 radical (unpaired) electrons. The molecule has 0 fully saturated rings. The van der Waals surface area contributed by atoms with Crippen molar-refractivity contribution >= 4 is 57.1 Å². The summed E-state index contributed by atoms with van der Waals surface area (Å²) >= 11 is 3.58. The molecule has 0 aliphatic rings. The van der Waals surface area contributed by atoms with Crippen LogP contribution >= 0.6 is 33.9 Å². The van der Waals surface area contributed by atoms with Crippen molar-refractivity contribution in [2.45, 2.75) is 34.1 Å². The van der Waals surface area contributed by atoms with Crippen molar-refractivity contribution in [3.8, 4) is 0 Å². The molecule has 2 rings (SSSR count). The summed E-state index contributed by atoms with van der Waals surface area (Å²) in [6.07, 6.45) is 0.831. The number of allylic oxidation sites excluding steroid dienone is 1. The van der Waals surface area contributed by atoms with Crippen LogP contribution in [-0.4, -0.2) is 36.2 Å². The summed E-state index contributed by atoms with van der Waals surface area (Å²) in [4.78, 5) is 18.0. The fraction of sp³-hybridized carbons (Fsp3) is 0.348. The molecule has 0 atom stereocenters. The first-order valence-electron chi connectivity index (χ1n) is 9.97. The molecule has 31 heavy (non-hydrogen) atoms. The van der Waals surface area contributed by atoms with E-state index in [1.807, 2.05) is 30.5 Å². The zero-order valence-electron chi connectivity index (χ0n) is 18.5. The number of aliphatic hydroxyl groups is 1. The Hall–Kier alpha value is -2.04. The number of thiophene rings is 1. The number of carbonyl (C=O) groups excluding carboxylic acids is 1. The topological polar surface area (TPSA) is 102 Å². The Kier molecular flexibility index (Phi) is 8.96. The number of amidine groups is 1. The van der Waals surface area contributed by atoms with Crippen LogP contribution in [-0.2, 0) is 4.79 Å². The first-order valence-corrected chi connectivity index (χ1v) is 11.9. The highest BCUT2D eigenvalue weighted by Gasteiger charge is 2.28. The number of carbonyl (C=O) groups is 1. The third-order valence-electron chi connectivity index (χ3n) is 4.61. The Morgan fingerprint density at radius 2 is 2.03 bits per heavy atom. The smallest absolute Gasteiger partial charge is 0.350 e. The van der Waals surface area contributed by atoms with Gasteiger partial charge in [-0.1, -0.05) is 26.8 Å². The lowest BCUT2D eigenvalue weighted by atomic mass is 9.92. The van der Waals surface area contributed by atoms with Gasteiger partial charge in [-0.2, -0.15) is 0 Å². The molecule has 1 heterocycles. The van der Waals surface area contributed by atoms with Crippen molar-refractivity contribution in [1.82, 2.24) is 0 Å². The molecule has 5 N–H and O–H groups in total. The average molecular weight is 553 g/mol. The Morgan fingerprint density at radius 3 is 2.58 bits per heavy atom. The zero-order chi connectivity index (χ0) is 23.2. The van der Waals surface area contributed by atoms with Crippen LogP contribution in [0.3, 0.4) is 0 Å². The van der Waals surface area contributed by atoms with E-state index in [4.69, 9.17) is 5.41 Å². The summed E-state index contributed by atoms with van der Waals surface area (Å²) in [7, 11) is 1.56. The van der Waals surface area contributed by atoms with E-state index in [0.717, 1.165) is 21.2 Å². The number of rotatable bonds is 7. The summed E-state index contributed by atoms with van der Waals surface area (Å²) in [6, 6.07) is 9.44. The van der Waals surface area contributed by atoms with Crippen LogP contribution in [0.25, 0.3) is 0 Å². The van der Waals surface area contributed by atoms with Crippen molar-refractivity contribution < 1.29 is 15.2 Å². The molecule has 1 aromatic carbocycles. The first kappa shape index (κ1) is 25.2. The van der Waals surface area contributed by atoms with Gasteiger partial charge in [0.05, 0.1) is 11.4 Å². The van der Waals surface area contributed by atoms with E-state index in [9.17, 15) is 9.90 Å². The van der Waals surface area contributed by atoms with Crippen LogP contribution in [0.15, 0.2) is 52.0 Å². The Morgan fingerprint density at radius 1 is 1.32 bits per heavy atom. The second-order valence-electron chi connectivity index (χ2n) is 8.40. The third kappa shape index (κ3) is 7.26. The van der Waals surface area contributed by atoms with Crippen LogP contribution in [0.5, 0.6) is 0 Å². The Labute approximate surface area is 201 Å². The van der Waals surface area contributed by atoms with E-state index < -0.39 is 0 Å². The van der Waals surface area contributed by atoms with Gasteiger partial charge in [0, 0.05) is 22.7 Å². The Balaban J connectivity index is 2.42. The molecule has 0 bridgehead atoms. The monoisotopic (exact) mass is 553 g/mol. The van der Waals surface area contributed by atoms with Crippen LogP contribution in [0.4, 0.5) is 5.69 Å². The van der Waals surface area contributed by atoms with E-state index in [-0.39, 0.29) is 34.2 Å². The van der Waals surface area contributed by atoms with Gasteiger partial charge >= 0.3 is 5.91 Å². The molecule has 6 nitrogen and oxygen atoms in total. The lowest BCUT2D eigenvalue weighted by molar-refractivity contribution is -0.566. The van der Waals surface area contributed by atoms with Gasteiger partial charge in [-0.05, 0) is 70.1 Å². The van der Waals surface area contributed by atoms with Crippen LogP contribution in [0.2, 0.25) is 0 Å². The normalized spacial score (nSPS) is 13.0. The molecule has 0 unspecified atom stereocenters. The van der Waals surface area contributed by atoms with E-state index >= 15 is 0 Å². The number of nitrogens with one attached hydrogen (secondary N) is 2. The quantitative estimate of drug-likeness (QED) is 0.133. The fourth-order valence-corrected chi connectivity index (χ4v) is 4.19. The fourth-order valence-electron chi connectivity index (χ4n) is 2.87. The lowest BCUT2D eigenvalue weighted by Gasteiger charge is -2.17. The number of anilines is 1. The molecular weight excluding hydrogens is 523 g/mol. The average Bonchev–Trinajstić information content (AvgIpc) is 3.22. The number of nitrogens with two attached hydrogens (primary N) is 1. The van der Waals surface area contributed by atoms with Crippen molar-refractivity contribution in [3.63, 3.8) is 0 Å². The minimum Gasteiger partial charge on any atom is -0.505 e. The van der Waals surface area contributed by atoms with E-state index in [0.29, 0.717) is 11.4 Å². The summed E-state index contributed by atoms with van der Waals surface area (Å²) in [5.41, 5.74) is 1.78. The molecule has 1 aromatic heterocycles. The van der Waals surface area contributed by atoms with Gasteiger partial charge in [0.25, 0.3) is 0 Å². The summed E-state index contributed by atoms with van der Waals surface area (Å²) in [5.74, 6) is -0.491. The maximum Gasteiger partial charge on any atom is 0.350 e. The highest BCUT2D eigenvalue weighted by molar-refractivity contribution is 14.1. The highest BCUT2D eigenvalue weighted by atomic mass is 127. The Bertz CT molecular complexity index is 1010. The van der Waals surface area contributed by atoms with Crippen LogP contribution in [0.1, 0.15) is 37.6 Å². The number of hydrogen-bond donors (Lipinski definition) is 4. The molecule has 0 aliphatic carbocycles. The molecule has 0 saturated heterocycles. The predicted molar refractivity (Wildman–Crippen MR) is 138 cm³/mol. The molecule has 0 aliphatic heterocycles. The second kappa shape index (κ2) is 11.0. The van der Waals surface area contributed by atoms with Gasteiger partial charge in [-0.25, -0.2) is 4.79 Å². The predicted octanol–water partition coefficient (Wildman–Crippen LogP) is 4.51. The van der Waals surface area contributed by atoms with Gasteiger partial charge < -0.3 is 10.4 Å². The lowest BCUT2D eigenvalue weighted by Crippen LogP contribution is -2.89. The number of hydrogen-bond acceptors (Lipinski definition) is 5. The van der Waals surface area contributed by atoms with Crippen molar-refractivity contribution in [2.75, 3.05) is 18.9 Å². The number of nitrogens with zero attached hydrogens (tertiary/aromatic N) is 1. The van der Waals surface area contributed by atoms with Gasteiger partial charge in [0.2, 0.25) is 0 Å². The third-order valence-corrected chi connectivity index (χ3v) is 6.17. The number of amides is 1. The second-order valence-corrected chi connectivity index (χ2v) is 10.6. The molecule has 166 valence electrons. The van der Waals surface area contributed by atoms with Crippen molar-refractivity contribution in [2.24, 2.45) is 10.4 Å². The summed E-state index contributed by atoms with van der Waals surface area (Å²) < 4.78 is 1.10. The van der Waals surface area contributed by atoms with Crippen LogP contribution < -0.4 is 10.6 Å². The molecule has 0 saturated carbocycles. The van der Waals surface area contributed by atoms with Gasteiger partial charge in [0.1, 0.15) is 11.5 Å². The van der Waals surface area contributed by atoms with Crippen LogP contribution in [0, 0.1) is 21.3 Å². The number of primary amides is 1. The number of benzene rings is 1. The van der Waals surface area contributed by atoms with Gasteiger partial charge in [0.15, 0.2) is 11.3 Å². The van der Waals surface area contributed by atoms with E-state index in [2.05, 4.69) is 53.7 Å². The van der Waals surface area contributed by atoms with E-state index in [1.54, 1.807) is 24.5 Å². The molecular formula is C23H30IN4O2S+.